The molecule has 1 rings (SSSR count). The fourth-order valence-electron chi connectivity index (χ4n) is 1.09. The number of aromatic amines is 1. The third-order valence-electron chi connectivity index (χ3n) is 1.74. The number of halogens is 3. The zero-order valence-corrected chi connectivity index (χ0v) is 7.07. The molecular formula is C8H5F3N2O. The molecule has 14 heavy (non-hydrogen) atoms. The van der Waals surface area contributed by atoms with Crippen molar-refractivity contribution in [2.45, 2.75) is 13.1 Å². The highest BCUT2D eigenvalue weighted by Gasteiger charge is 2.36. The highest BCUT2D eigenvalue weighted by atomic mass is 19.4. The Hall–Kier alpha value is -1.77. The molecule has 0 fully saturated rings. The van der Waals surface area contributed by atoms with Gasteiger partial charge in [0.25, 0.3) is 5.56 Å². The molecular weight excluding hydrogens is 197 g/mol. The first-order valence-electron chi connectivity index (χ1n) is 3.57. The van der Waals surface area contributed by atoms with Crippen molar-refractivity contribution in [3.63, 3.8) is 0 Å². The molecule has 6 heteroatoms. The van der Waals surface area contributed by atoms with Crippen LogP contribution in [0.15, 0.2) is 11.0 Å². The lowest BCUT2D eigenvalue weighted by Crippen LogP contribution is -2.19. The van der Waals surface area contributed by atoms with Crippen LogP contribution in [0.5, 0.6) is 0 Å². The summed E-state index contributed by atoms with van der Waals surface area (Å²) in [5, 5.41) is 8.43. The number of nitrogens with one attached hydrogen (secondary N) is 1. The van der Waals surface area contributed by atoms with Gasteiger partial charge in [0.1, 0.15) is 6.07 Å². The van der Waals surface area contributed by atoms with Crippen molar-refractivity contribution in [1.29, 1.82) is 5.26 Å². The highest BCUT2D eigenvalue weighted by molar-refractivity contribution is 5.41. The molecule has 0 radical (unpaired) electrons. The van der Waals surface area contributed by atoms with Crippen molar-refractivity contribution >= 4 is 0 Å². The Kier molecular flexibility index (Phi) is 2.34. The first-order chi connectivity index (χ1) is 6.38. The molecule has 0 bridgehead atoms. The molecule has 0 aliphatic carbocycles. The van der Waals surface area contributed by atoms with Gasteiger partial charge in [0.15, 0.2) is 0 Å². The van der Waals surface area contributed by atoms with Crippen molar-refractivity contribution in [3.8, 4) is 6.07 Å². The van der Waals surface area contributed by atoms with Crippen LogP contribution in [-0.4, -0.2) is 4.98 Å². The molecule has 0 spiro atoms. The van der Waals surface area contributed by atoms with Crippen LogP contribution < -0.4 is 5.56 Å². The minimum absolute atomic E-state index is 0.489. The number of alkyl halides is 3. The van der Waals surface area contributed by atoms with E-state index in [1.807, 2.05) is 0 Å². The smallest absolute Gasteiger partial charge is 0.328 e. The third kappa shape index (κ3) is 1.62. The topological polar surface area (TPSA) is 56.6 Å². The van der Waals surface area contributed by atoms with Gasteiger partial charge in [-0.3, -0.25) is 4.79 Å². The predicted molar refractivity (Wildman–Crippen MR) is 41.5 cm³/mol. The summed E-state index contributed by atoms with van der Waals surface area (Å²) in [6.07, 6.45) is -3.92. The predicted octanol–water partition coefficient (Wildman–Crippen LogP) is 1.57. The lowest BCUT2D eigenvalue weighted by Gasteiger charge is -2.10. The van der Waals surface area contributed by atoms with E-state index in [1.54, 1.807) is 0 Å². The summed E-state index contributed by atoms with van der Waals surface area (Å²) in [6, 6.07) is 1.38. The number of aromatic nitrogens is 1. The van der Waals surface area contributed by atoms with Gasteiger partial charge in [-0.1, -0.05) is 0 Å². The van der Waals surface area contributed by atoms with Crippen molar-refractivity contribution in [2.75, 3.05) is 0 Å². The summed E-state index contributed by atoms with van der Waals surface area (Å²) in [6.45, 7) is 1.03. The molecule has 0 aliphatic heterocycles. The van der Waals surface area contributed by atoms with Crippen LogP contribution in [0, 0.1) is 18.3 Å². The summed E-state index contributed by atoms with van der Waals surface area (Å²) in [7, 11) is 0. The van der Waals surface area contributed by atoms with Crippen LogP contribution in [0.2, 0.25) is 0 Å². The SMILES string of the molecule is Cc1c(C(F)(F)F)c(C#N)c[nH]c1=O. The van der Waals surface area contributed by atoms with Crippen LogP contribution in [0.25, 0.3) is 0 Å². The molecule has 1 N–H and O–H groups in total. The molecule has 0 atom stereocenters. The number of rotatable bonds is 0. The van der Waals surface area contributed by atoms with E-state index in [-0.39, 0.29) is 0 Å². The Morgan fingerprint density at radius 3 is 2.50 bits per heavy atom. The third-order valence-corrected chi connectivity index (χ3v) is 1.74. The van der Waals surface area contributed by atoms with E-state index >= 15 is 0 Å². The van der Waals surface area contributed by atoms with Crippen LogP contribution in [0.1, 0.15) is 16.7 Å². The molecule has 74 valence electrons. The van der Waals surface area contributed by atoms with E-state index in [4.69, 9.17) is 5.26 Å². The van der Waals surface area contributed by atoms with Gasteiger partial charge in [0.2, 0.25) is 0 Å². The molecule has 0 aliphatic rings. The van der Waals surface area contributed by atoms with Gasteiger partial charge >= 0.3 is 6.18 Å². The summed E-state index contributed by atoms with van der Waals surface area (Å²) < 4.78 is 37.1. The maximum atomic E-state index is 12.4. The largest absolute Gasteiger partial charge is 0.418 e. The highest BCUT2D eigenvalue weighted by Crippen LogP contribution is 2.32. The average molecular weight is 202 g/mol. The van der Waals surface area contributed by atoms with Gasteiger partial charge in [0, 0.05) is 11.8 Å². The Labute approximate surface area is 76.8 Å². The van der Waals surface area contributed by atoms with Gasteiger partial charge in [-0.05, 0) is 6.92 Å². The Bertz CT molecular complexity index is 453. The molecule has 0 unspecified atom stereocenters. The molecule has 1 heterocycles. The first-order valence-corrected chi connectivity index (χ1v) is 3.57. The van der Waals surface area contributed by atoms with Crippen LogP contribution in [0.4, 0.5) is 13.2 Å². The van der Waals surface area contributed by atoms with E-state index in [1.165, 1.54) is 6.07 Å². The maximum Gasteiger partial charge on any atom is 0.418 e. The molecule has 0 amide bonds. The average Bonchev–Trinajstić information content (AvgIpc) is 2.07. The molecule has 0 aromatic carbocycles. The lowest BCUT2D eigenvalue weighted by atomic mass is 10.1. The van der Waals surface area contributed by atoms with Gasteiger partial charge in [-0.2, -0.15) is 18.4 Å². The Balaban J connectivity index is 3.63. The molecule has 0 saturated carbocycles. The molecule has 0 saturated heterocycles. The summed E-state index contributed by atoms with van der Waals surface area (Å²) in [5.74, 6) is 0. The van der Waals surface area contributed by atoms with Gasteiger partial charge in [-0.25, -0.2) is 0 Å². The van der Waals surface area contributed by atoms with Crippen LogP contribution >= 0.6 is 0 Å². The van der Waals surface area contributed by atoms with E-state index in [2.05, 4.69) is 4.98 Å². The number of hydrogen-bond acceptors (Lipinski definition) is 2. The number of pyridine rings is 1. The number of nitrogens with zero attached hydrogens (tertiary/aromatic N) is 1. The Morgan fingerprint density at radius 1 is 1.50 bits per heavy atom. The normalized spacial score (nSPS) is 11.1. The molecule has 3 nitrogen and oxygen atoms in total. The quantitative estimate of drug-likeness (QED) is 0.694. The minimum Gasteiger partial charge on any atom is -0.328 e. The summed E-state index contributed by atoms with van der Waals surface area (Å²) in [4.78, 5) is 12.9. The fraction of sp³-hybridized carbons (Fsp3) is 0.250. The van der Waals surface area contributed by atoms with E-state index in [0.717, 1.165) is 13.1 Å². The second-order valence-electron chi connectivity index (χ2n) is 2.64. The van der Waals surface area contributed by atoms with Crippen molar-refractivity contribution in [3.05, 3.63) is 33.2 Å². The standard InChI is InChI=1S/C8H5F3N2O/c1-4-6(8(9,10)11)5(2-12)3-13-7(4)14/h3H,1H3,(H,13,14). The van der Waals surface area contributed by atoms with E-state index in [9.17, 15) is 18.0 Å². The summed E-state index contributed by atoms with van der Waals surface area (Å²) in [5.41, 5.74) is -3.06. The second-order valence-corrected chi connectivity index (χ2v) is 2.64. The van der Waals surface area contributed by atoms with E-state index in [0.29, 0.717) is 0 Å². The Morgan fingerprint density at radius 2 is 2.07 bits per heavy atom. The van der Waals surface area contributed by atoms with Gasteiger partial charge in [0.05, 0.1) is 11.1 Å². The van der Waals surface area contributed by atoms with E-state index < -0.39 is 28.4 Å². The molecule has 1 aromatic rings. The van der Waals surface area contributed by atoms with Gasteiger partial charge < -0.3 is 4.98 Å². The van der Waals surface area contributed by atoms with Crippen molar-refractivity contribution in [2.24, 2.45) is 0 Å². The minimum atomic E-state index is -4.68. The number of hydrogen-bond donors (Lipinski definition) is 1. The molecule has 1 aromatic heterocycles. The van der Waals surface area contributed by atoms with Crippen molar-refractivity contribution in [1.82, 2.24) is 4.98 Å². The lowest BCUT2D eigenvalue weighted by molar-refractivity contribution is -0.138. The zero-order chi connectivity index (χ0) is 10.9. The van der Waals surface area contributed by atoms with Gasteiger partial charge in [-0.15, -0.1) is 0 Å². The summed E-state index contributed by atoms with van der Waals surface area (Å²) >= 11 is 0. The first kappa shape index (κ1) is 10.3. The van der Waals surface area contributed by atoms with Crippen LogP contribution in [-0.2, 0) is 6.18 Å². The zero-order valence-electron chi connectivity index (χ0n) is 7.07. The second kappa shape index (κ2) is 3.18. The number of H-pyrrole nitrogens is 1. The van der Waals surface area contributed by atoms with Crippen molar-refractivity contribution < 1.29 is 13.2 Å². The monoisotopic (exact) mass is 202 g/mol. The maximum absolute atomic E-state index is 12.4. The number of nitriles is 1. The van der Waals surface area contributed by atoms with Crippen LogP contribution in [0.3, 0.4) is 0 Å². The fourth-order valence-corrected chi connectivity index (χ4v) is 1.09.